The number of amides is 1. The van der Waals surface area contributed by atoms with Crippen molar-refractivity contribution in [3.63, 3.8) is 0 Å². The number of aryl methyl sites for hydroxylation is 2. The van der Waals surface area contributed by atoms with Crippen LogP contribution in [0.2, 0.25) is 0 Å². The second kappa shape index (κ2) is 10.5. The summed E-state index contributed by atoms with van der Waals surface area (Å²) in [6, 6.07) is 21.3. The average Bonchev–Trinajstić information content (AvgIpc) is 3.24. The number of thiazole rings is 1. The molecule has 4 aromatic rings. The largest absolute Gasteiger partial charge is 0.496 e. The van der Waals surface area contributed by atoms with Crippen molar-refractivity contribution >= 4 is 23.2 Å². The zero-order chi connectivity index (χ0) is 24.9. The first-order chi connectivity index (χ1) is 16.8. The number of hydrogen-bond donors (Lipinski definition) is 2. The lowest BCUT2D eigenvalue weighted by atomic mass is 9.99. The highest BCUT2D eigenvalue weighted by molar-refractivity contribution is 7.17. The Kier molecular flexibility index (Phi) is 7.27. The van der Waals surface area contributed by atoms with Crippen LogP contribution in [0, 0.1) is 13.8 Å². The summed E-state index contributed by atoms with van der Waals surface area (Å²) >= 11 is 1.38. The van der Waals surface area contributed by atoms with E-state index in [9.17, 15) is 9.59 Å². The summed E-state index contributed by atoms with van der Waals surface area (Å²) in [6.07, 6.45) is -0.0360. The van der Waals surface area contributed by atoms with E-state index in [0.29, 0.717) is 16.3 Å². The van der Waals surface area contributed by atoms with Gasteiger partial charge in [-0.05, 0) is 42.7 Å². The van der Waals surface area contributed by atoms with Crippen molar-refractivity contribution in [1.82, 2.24) is 10.3 Å². The van der Waals surface area contributed by atoms with E-state index in [1.54, 1.807) is 13.2 Å². The van der Waals surface area contributed by atoms with Crippen LogP contribution in [0.15, 0.2) is 66.7 Å². The van der Waals surface area contributed by atoms with E-state index in [2.05, 4.69) is 10.3 Å². The predicted octanol–water partition coefficient (Wildman–Crippen LogP) is 5.66. The fourth-order valence-corrected chi connectivity index (χ4v) is 4.80. The summed E-state index contributed by atoms with van der Waals surface area (Å²) < 4.78 is 5.51. The maximum absolute atomic E-state index is 13.0. The van der Waals surface area contributed by atoms with E-state index in [1.165, 1.54) is 16.9 Å². The van der Waals surface area contributed by atoms with E-state index in [1.807, 2.05) is 74.5 Å². The van der Waals surface area contributed by atoms with Crippen LogP contribution in [0.1, 0.15) is 32.1 Å². The minimum atomic E-state index is -0.871. The molecule has 0 spiro atoms. The second-order valence-corrected chi connectivity index (χ2v) is 9.28. The van der Waals surface area contributed by atoms with Crippen molar-refractivity contribution in [1.29, 1.82) is 0 Å². The first-order valence-corrected chi connectivity index (χ1v) is 12.0. The molecular weight excluding hydrogens is 460 g/mol. The van der Waals surface area contributed by atoms with Crippen molar-refractivity contribution in [2.24, 2.45) is 0 Å². The first-order valence-electron chi connectivity index (χ1n) is 11.1. The van der Waals surface area contributed by atoms with E-state index in [-0.39, 0.29) is 18.9 Å². The molecular formula is C28H26N2O4S. The van der Waals surface area contributed by atoms with Crippen LogP contribution in [-0.4, -0.2) is 29.1 Å². The molecule has 7 heteroatoms. The number of methoxy groups -OCH3 is 1. The number of rotatable bonds is 8. The molecule has 178 valence electrons. The van der Waals surface area contributed by atoms with Gasteiger partial charge in [0.25, 0.3) is 5.91 Å². The Morgan fingerprint density at radius 2 is 1.69 bits per heavy atom. The Morgan fingerprint density at radius 1 is 0.971 bits per heavy atom. The number of nitrogens with zero attached hydrogens (tertiary/aromatic N) is 1. The van der Waals surface area contributed by atoms with Crippen LogP contribution in [0.3, 0.4) is 0 Å². The van der Waals surface area contributed by atoms with Crippen molar-refractivity contribution in [3.8, 4) is 27.4 Å². The van der Waals surface area contributed by atoms with Crippen molar-refractivity contribution < 1.29 is 19.4 Å². The standard InChI is InChI=1S/C28H26N2O4S/c1-17-7-9-20(10-8-17)28-30-18(2)26(35-28)27(33)29-16-23-15-22(11-12-24(23)34-3)21-6-4-5-19(13-21)14-25(31)32/h4-13,15H,14,16H2,1-3H3,(H,29,33)(H,31,32). The molecule has 0 aliphatic carbocycles. The van der Waals surface area contributed by atoms with Crippen molar-refractivity contribution in [3.05, 3.63) is 94.0 Å². The molecule has 0 saturated heterocycles. The van der Waals surface area contributed by atoms with Gasteiger partial charge >= 0.3 is 5.97 Å². The molecule has 1 heterocycles. The van der Waals surface area contributed by atoms with Gasteiger partial charge in [0.05, 0.1) is 19.2 Å². The zero-order valence-electron chi connectivity index (χ0n) is 19.8. The monoisotopic (exact) mass is 486 g/mol. The van der Waals surface area contributed by atoms with Gasteiger partial charge in [-0.25, -0.2) is 4.98 Å². The topological polar surface area (TPSA) is 88.5 Å². The highest BCUT2D eigenvalue weighted by Gasteiger charge is 2.17. The van der Waals surface area contributed by atoms with E-state index >= 15 is 0 Å². The predicted molar refractivity (Wildman–Crippen MR) is 138 cm³/mol. The zero-order valence-corrected chi connectivity index (χ0v) is 20.6. The van der Waals surface area contributed by atoms with Gasteiger partial charge in [-0.2, -0.15) is 0 Å². The number of carbonyl (C=O) groups is 2. The van der Waals surface area contributed by atoms with Crippen LogP contribution >= 0.6 is 11.3 Å². The highest BCUT2D eigenvalue weighted by atomic mass is 32.1. The third kappa shape index (κ3) is 5.75. The van der Waals surface area contributed by atoms with E-state index < -0.39 is 5.97 Å². The molecule has 3 aromatic carbocycles. The second-order valence-electron chi connectivity index (χ2n) is 8.28. The molecule has 0 unspecified atom stereocenters. The molecule has 6 nitrogen and oxygen atoms in total. The number of nitrogens with one attached hydrogen (secondary N) is 1. The lowest BCUT2D eigenvalue weighted by molar-refractivity contribution is -0.136. The van der Waals surface area contributed by atoms with E-state index in [4.69, 9.17) is 9.84 Å². The Bertz CT molecular complexity index is 1380. The van der Waals surface area contributed by atoms with Crippen molar-refractivity contribution in [2.75, 3.05) is 7.11 Å². The lowest BCUT2D eigenvalue weighted by Crippen LogP contribution is -2.22. The Hall–Kier alpha value is -3.97. The van der Waals surface area contributed by atoms with Gasteiger partial charge < -0.3 is 15.2 Å². The summed E-state index contributed by atoms with van der Waals surface area (Å²) in [5.41, 5.74) is 6.22. The number of carboxylic acid groups (broad SMARTS) is 1. The maximum Gasteiger partial charge on any atom is 0.307 e. The van der Waals surface area contributed by atoms with Crippen molar-refractivity contribution in [2.45, 2.75) is 26.8 Å². The quantitative estimate of drug-likeness (QED) is 0.336. The fourth-order valence-electron chi connectivity index (χ4n) is 3.81. The first kappa shape index (κ1) is 24.2. The third-order valence-corrected chi connectivity index (χ3v) is 6.84. The van der Waals surface area contributed by atoms with Crippen LogP contribution in [0.5, 0.6) is 5.75 Å². The number of aromatic nitrogens is 1. The van der Waals surface area contributed by atoms with Crippen LogP contribution in [0.25, 0.3) is 21.7 Å². The molecule has 35 heavy (non-hydrogen) atoms. The van der Waals surface area contributed by atoms with Crippen LogP contribution in [-0.2, 0) is 17.8 Å². The molecule has 4 rings (SSSR count). The molecule has 0 radical (unpaired) electrons. The normalized spacial score (nSPS) is 10.7. The average molecular weight is 487 g/mol. The summed E-state index contributed by atoms with van der Waals surface area (Å²) in [5.74, 6) is -0.393. The summed E-state index contributed by atoms with van der Waals surface area (Å²) in [7, 11) is 1.59. The molecule has 0 atom stereocenters. The maximum atomic E-state index is 13.0. The smallest absolute Gasteiger partial charge is 0.307 e. The Morgan fingerprint density at radius 3 is 2.40 bits per heavy atom. The van der Waals surface area contributed by atoms with Gasteiger partial charge in [0.2, 0.25) is 0 Å². The number of benzene rings is 3. The van der Waals surface area contributed by atoms with Gasteiger partial charge in [-0.1, -0.05) is 60.2 Å². The Balaban J connectivity index is 1.53. The molecule has 1 aromatic heterocycles. The minimum Gasteiger partial charge on any atom is -0.496 e. The highest BCUT2D eigenvalue weighted by Crippen LogP contribution is 2.30. The van der Waals surface area contributed by atoms with Gasteiger partial charge in [0, 0.05) is 17.7 Å². The van der Waals surface area contributed by atoms with E-state index in [0.717, 1.165) is 32.8 Å². The molecule has 0 saturated carbocycles. The van der Waals surface area contributed by atoms with Gasteiger partial charge in [0.15, 0.2) is 0 Å². The molecule has 2 N–H and O–H groups in total. The minimum absolute atomic E-state index is 0.0360. The summed E-state index contributed by atoms with van der Waals surface area (Å²) in [6.45, 7) is 4.15. The fraction of sp³-hybridized carbons (Fsp3) is 0.179. The SMILES string of the molecule is COc1ccc(-c2cccc(CC(=O)O)c2)cc1CNC(=O)c1sc(-c2ccc(C)cc2)nc1C. The number of carbonyl (C=O) groups excluding carboxylic acids is 1. The van der Waals surface area contributed by atoms with Gasteiger partial charge in [0.1, 0.15) is 15.6 Å². The molecule has 1 amide bonds. The van der Waals surface area contributed by atoms with Crippen LogP contribution < -0.4 is 10.1 Å². The van der Waals surface area contributed by atoms with Gasteiger partial charge in [-0.3, -0.25) is 9.59 Å². The molecule has 0 bridgehead atoms. The molecule has 0 fully saturated rings. The number of aliphatic carboxylic acids is 1. The summed E-state index contributed by atoms with van der Waals surface area (Å²) in [4.78, 5) is 29.3. The van der Waals surface area contributed by atoms with Crippen LogP contribution in [0.4, 0.5) is 0 Å². The number of hydrogen-bond acceptors (Lipinski definition) is 5. The third-order valence-electron chi connectivity index (χ3n) is 5.64. The molecule has 0 aliphatic heterocycles. The Labute approximate surface area is 208 Å². The number of carboxylic acids is 1. The molecule has 0 aliphatic rings. The number of ether oxygens (including phenoxy) is 1. The summed E-state index contributed by atoms with van der Waals surface area (Å²) in [5, 5.41) is 12.9. The lowest BCUT2D eigenvalue weighted by Gasteiger charge is -2.12. The van der Waals surface area contributed by atoms with Gasteiger partial charge in [-0.15, -0.1) is 11.3 Å².